The molecule has 2 rings (SSSR count). The number of halogens is 1. The van der Waals surface area contributed by atoms with Crippen LogP contribution in [0.15, 0.2) is 24.3 Å². The Kier molecular flexibility index (Phi) is 3.28. The number of hydrogen-bond acceptors (Lipinski definition) is 2. The molecule has 1 heterocycles. The summed E-state index contributed by atoms with van der Waals surface area (Å²) in [6, 6.07) is 7.64. The molecule has 3 nitrogen and oxygen atoms in total. The van der Waals surface area contributed by atoms with Gasteiger partial charge < -0.3 is 15.4 Å². The minimum Gasteiger partial charge on any atom is -0.490 e. The van der Waals surface area contributed by atoms with E-state index >= 15 is 0 Å². The number of para-hydroxylation sites is 1. The largest absolute Gasteiger partial charge is 0.490 e. The standard InChI is InChI=1S/C10H11ClN2OS/c11-8-3-1-2-4-9(8)14-6-7-5-12-10(15)13-7/h1-4,7H,5-6H2,(H2,12,13,15). The molecule has 2 N–H and O–H groups in total. The molecule has 1 aliphatic rings. The molecule has 15 heavy (non-hydrogen) atoms. The Hall–Kier alpha value is -1.00. The monoisotopic (exact) mass is 242 g/mol. The lowest BCUT2D eigenvalue weighted by atomic mass is 10.3. The van der Waals surface area contributed by atoms with E-state index in [0.29, 0.717) is 22.5 Å². The van der Waals surface area contributed by atoms with Crippen molar-refractivity contribution >= 4 is 28.9 Å². The van der Waals surface area contributed by atoms with Crippen molar-refractivity contribution in [3.8, 4) is 5.75 Å². The van der Waals surface area contributed by atoms with Gasteiger partial charge >= 0.3 is 0 Å². The third-order valence-electron chi connectivity index (χ3n) is 2.12. The van der Waals surface area contributed by atoms with Crippen molar-refractivity contribution in [2.45, 2.75) is 6.04 Å². The molecule has 1 aliphatic heterocycles. The van der Waals surface area contributed by atoms with Crippen LogP contribution < -0.4 is 15.4 Å². The molecular formula is C10H11ClN2OS. The van der Waals surface area contributed by atoms with Gasteiger partial charge in [0.1, 0.15) is 12.4 Å². The number of rotatable bonds is 3. The molecule has 1 atom stereocenters. The van der Waals surface area contributed by atoms with Gasteiger partial charge in [0.2, 0.25) is 0 Å². The second-order valence-corrected chi connectivity index (χ2v) is 4.11. The van der Waals surface area contributed by atoms with Gasteiger partial charge in [-0.2, -0.15) is 0 Å². The predicted molar refractivity (Wildman–Crippen MR) is 64.5 cm³/mol. The molecule has 0 radical (unpaired) electrons. The number of thiocarbonyl (C=S) groups is 1. The fraction of sp³-hybridized carbons (Fsp3) is 0.300. The molecule has 0 saturated carbocycles. The molecule has 0 aliphatic carbocycles. The van der Waals surface area contributed by atoms with Gasteiger partial charge in [-0.15, -0.1) is 0 Å². The van der Waals surface area contributed by atoms with Crippen LogP contribution in [0.2, 0.25) is 5.02 Å². The minimum atomic E-state index is 0.216. The molecule has 1 aromatic carbocycles. The average Bonchev–Trinajstić information content (AvgIpc) is 2.63. The Labute approximate surface area is 98.8 Å². The summed E-state index contributed by atoms with van der Waals surface area (Å²) >= 11 is 10.9. The van der Waals surface area contributed by atoms with Gasteiger partial charge in [0.05, 0.1) is 11.1 Å². The molecule has 1 saturated heterocycles. The minimum absolute atomic E-state index is 0.216. The maximum atomic E-state index is 5.95. The molecule has 5 heteroatoms. The lowest BCUT2D eigenvalue weighted by Gasteiger charge is -2.12. The summed E-state index contributed by atoms with van der Waals surface area (Å²) in [7, 11) is 0. The van der Waals surface area contributed by atoms with E-state index in [1.54, 1.807) is 0 Å². The molecule has 0 spiro atoms. The van der Waals surface area contributed by atoms with E-state index in [0.717, 1.165) is 6.54 Å². The molecule has 0 amide bonds. The van der Waals surface area contributed by atoms with Gasteiger partial charge in [-0.05, 0) is 24.4 Å². The van der Waals surface area contributed by atoms with Crippen LogP contribution >= 0.6 is 23.8 Å². The van der Waals surface area contributed by atoms with E-state index in [9.17, 15) is 0 Å². The van der Waals surface area contributed by atoms with E-state index in [4.69, 9.17) is 28.6 Å². The molecular weight excluding hydrogens is 232 g/mol. The fourth-order valence-electron chi connectivity index (χ4n) is 1.36. The maximum absolute atomic E-state index is 5.95. The predicted octanol–water partition coefficient (Wildman–Crippen LogP) is 1.57. The Morgan fingerprint density at radius 2 is 2.27 bits per heavy atom. The van der Waals surface area contributed by atoms with E-state index in [-0.39, 0.29) is 6.04 Å². The van der Waals surface area contributed by atoms with Crippen molar-refractivity contribution in [1.29, 1.82) is 0 Å². The molecule has 1 unspecified atom stereocenters. The van der Waals surface area contributed by atoms with Crippen molar-refractivity contribution in [2.24, 2.45) is 0 Å². The van der Waals surface area contributed by atoms with Gasteiger partial charge in [-0.1, -0.05) is 23.7 Å². The highest BCUT2D eigenvalue weighted by molar-refractivity contribution is 7.80. The van der Waals surface area contributed by atoms with E-state index in [2.05, 4.69) is 10.6 Å². The lowest BCUT2D eigenvalue weighted by Crippen LogP contribution is -2.32. The first-order valence-electron chi connectivity index (χ1n) is 4.67. The summed E-state index contributed by atoms with van der Waals surface area (Å²) in [6.07, 6.45) is 0. The molecule has 1 fully saturated rings. The third-order valence-corrected chi connectivity index (χ3v) is 2.70. The SMILES string of the molecule is S=C1NCC(COc2ccccc2Cl)N1. The van der Waals surface area contributed by atoms with Crippen molar-refractivity contribution in [3.05, 3.63) is 29.3 Å². The summed E-state index contributed by atoms with van der Waals surface area (Å²) in [5.74, 6) is 0.707. The van der Waals surface area contributed by atoms with Crippen molar-refractivity contribution in [3.63, 3.8) is 0 Å². The van der Waals surface area contributed by atoms with E-state index < -0.39 is 0 Å². The number of benzene rings is 1. The maximum Gasteiger partial charge on any atom is 0.166 e. The summed E-state index contributed by atoms with van der Waals surface area (Å²) < 4.78 is 5.57. The Bertz CT molecular complexity index is 372. The number of ether oxygens (including phenoxy) is 1. The smallest absolute Gasteiger partial charge is 0.166 e. The van der Waals surface area contributed by atoms with Crippen LogP contribution in [0.3, 0.4) is 0 Å². The number of hydrogen-bond donors (Lipinski definition) is 2. The molecule has 80 valence electrons. The zero-order valence-corrected chi connectivity index (χ0v) is 9.57. The fourth-order valence-corrected chi connectivity index (χ4v) is 1.80. The van der Waals surface area contributed by atoms with Gasteiger partial charge in [0.25, 0.3) is 0 Å². The van der Waals surface area contributed by atoms with E-state index in [1.165, 1.54) is 0 Å². The normalized spacial score (nSPS) is 19.5. The first-order valence-corrected chi connectivity index (χ1v) is 5.46. The highest BCUT2D eigenvalue weighted by atomic mass is 35.5. The van der Waals surface area contributed by atoms with Gasteiger partial charge in [0.15, 0.2) is 5.11 Å². The molecule has 0 bridgehead atoms. The zero-order valence-electron chi connectivity index (χ0n) is 8.00. The average molecular weight is 243 g/mol. The van der Waals surface area contributed by atoms with Crippen LogP contribution in [0, 0.1) is 0 Å². The Morgan fingerprint density at radius 3 is 2.93 bits per heavy atom. The molecule has 1 aromatic rings. The second kappa shape index (κ2) is 4.68. The Morgan fingerprint density at radius 1 is 1.47 bits per heavy atom. The van der Waals surface area contributed by atoms with Crippen LogP contribution in [0.4, 0.5) is 0 Å². The topological polar surface area (TPSA) is 33.3 Å². The molecule has 0 aromatic heterocycles. The van der Waals surface area contributed by atoms with Gasteiger partial charge in [-0.3, -0.25) is 0 Å². The van der Waals surface area contributed by atoms with Crippen LogP contribution in [0.25, 0.3) is 0 Å². The van der Waals surface area contributed by atoms with E-state index in [1.807, 2.05) is 24.3 Å². The summed E-state index contributed by atoms with van der Waals surface area (Å²) in [6.45, 7) is 1.35. The van der Waals surface area contributed by atoms with Crippen LogP contribution in [-0.4, -0.2) is 24.3 Å². The van der Waals surface area contributed by atoms with Crippen molar-refractivity contribution < 1.29 is 4.74 Å². The van der Waals surface area contributed by atoms with Crippen LogP contribution in [-0.2, 0) is 0 Å². The van der Waals surface area contributed by atoms with Crippen LogP contribution in [0.5, 0.6) is 5.75 Å². The third kappa shape index (κ3) is 2.73. The summed E-state index contributed by atoms with van der Waals surface area (Å²) in [5, 5.41) is 7.44. The number of nitrogens with one attached hydrogen (secondary N) is 2. The van der Waals surface area contributed by atoms with Gasteiger partial charge in [0, 0.05) is 6.54 Å². The summed E-state index contributed by atoms with van der Waals surface area (Å²) in [5.41, 5.74) is 0. The first-order chi connectivity index (χ1) is 7.25. The summed E-state index contributed by atoms with van der Waals surface area (Å²) in [4.78, 5) is 0. The van der Waals surface area contributed by atoms with Crippen molar-refractivity contribution in [1.82, 2.24) is 10.6 Å². The van der Waals surface area contributed by atoms with Crippen LogP contribution in [0.1, 0.15) is 0 Å². The quantitative estimate of drug-likeness (QED) is 0.789. The highest BCUT2D eigenvalue weighted by Crippen LogP contribution is 2.23. The highest BCUT2D eigenvalue weighted by Gasteiger charge is 2.17. The zero-order chi connectivity index (χ0) is 10.7. The lowest BCUT2D eigenvalue weighted by molar-refractivity contribution is 0.286. The Balaban J connectivity index is 1.88. The first kappa shape index (κ1) is 10.5. The van der Waals surface area contributed by atoms with Gasteiger partial charge in [-0.25, -0.2) is 0 Å². The van der Waals surface area contributed by atoms with Crippen molar-refractivity contribution in [2.75, 3.05) is 13.2 Å². The second-order valence-electron chi connectivity index (χ2n) is 3.29.